The number of methoxy groups -OCH3 is 1. The third-order valence-corrected chi connectivity index (χ3v) is 5.19. The summed E-state index contributed by atoms with van der Waals surface area (Å²) in [6.45, 7) is 4.34. The SMILES string of the molecule is COc1ccc(N2CCN(c3nncc(N(C)Cc4ccccc4)n3)CC2)cc1. The molecule has 0 unspecified atom stereocenters. The largest absolute Gasteiger partial charge is 0.497 e. The Labute approximate surface area is 171 Å². The standard InChI is InChI=1S/C22H26N6O/c1-26(17-18-6-4-3-5-7-18)21-16-23-25-22(24-21)28-14-12-27(13-15-28)19-8-10-20(29-2)11-9-19/h3-11,16H,12-15,17H2,1-2H3. The van der Waals surface area contributed by atoms with Gasteiger partial charge in [0.15, 0.2) is 5.82 Å². The Kier molecular flexibility index (Phi) is 5.74. The molecule has 0 radical (unpaired) electrons. The Balaban J connectivity index is 1.39. The Hall–Kier alpha value is -3.35. The number of piperazine rings is 1. The molecule has 4 rings (SSSR count). The number of rotatable bonds is 6. The molecule has 2 aromatic carbocycles. The second-order valence-corrected chi connectivity index (χ2v) is 7.13. The van der Waals surface area contributed by atoms with Gasteiger partial charge in [0, 0.05) is 45.5 Å². The third kappa shape index (κ3) is 4.56. The molecule has 0 spiro atoms. The van der Waals surface area contributed by atoms with Crippen molar-refractivity contribution in [2.45, 2.75) is 6.54 Å². The van der Waals surface area contributed by atoms with Gasteiger partial charge < -0.3 is 19.4 Å². The number of hydrogen-bond donors (Lipinski definition) is 0. The highest BCUT2D eigenvalue weighted by atomic mass is 16.5. The minimum Gasteiger partial charge on any atom is -0.497 e. The molecule has 2 heterocycles. The van der Waals surface area contributed by atoms with Crippen molar-refractivity contribution in [1.82, 2.24) is 15.2 Å². The lowest BCUT2D eigenvalue weighted by Gasteiger charge is -2.36. The van der Waals surface area contributed by atoms with Gasteiger partial charge in [-0.15, -0.1) is 5.10 Å². The lowest BCUT2D eigenvalue weighted by atomic mass is 10.2. The van der Waals surface area contributed by atoms with Gasteiger partial charge in [0.1, 0.15) is 5.75 Å². The van der Waals surface area contributed by atoms with Gasteiger partial charge in [0.2, 0.25) is 5.95 Å². The van der Waals surface area contributed by atoms with Crippen LogP contribution in [0.4, 0.5) is 17.5 Å². The van der Waals surface area contributed by atoms with Gasteiger partial charge in [-0.05, 0) is 29.8 Å². The predicted octanol–water partition coefficient (Wildman–Crippen LogP) is 2.84. The van der Waals surface area contributed by atoms with Crippen molar-refractivity contribution in [3.63, 3.8) is 0 Å². The van der Waals surface area contributed by atoms with Crippen LogP contribution in [0.2, 0.25) is 0 Å². The van der Waals surface area contributed by atoms with Crippen molar-refractivity contribution >= 4 is 17.5 Å². The van der Waals surface area contributed by atoms with E-state index in [1.165, 1.54) is 11.3 Å². The van der Waals surface area contributed by atoms with Crippen molar-refractivity contribution < 1.29 is 4.74 Å². The highest BCUT2D eigenvalue weighted by molar-refractivity contribution is 5.51. The summed E-state index contributed by atoms with van der Waals surface area (Å²) in [6.07, 6.45) is 1.72. The van der Waals surface area contributed by atoms with E-state index < -0.39 is 0 Å². The topological polar surface area (TPSA) is 57.6 Å². The number of aromatic nitrogens is 3. The van der Waals surface area contributed by atoms with E-state index in [9.17, 15) is 0 Å². The van der Waals surface area contributed by atoms with E-state index in [-0.39, 0.29) is 0 Å². The van der Waals surface area contributed by atoms with E-state index in [4.69, 9.17) is 9.72 Å². The fourth-order valence-corrected chi connectivity index (χ4v) is 3.50. The molecule has 1 aliphatic heterocycles. The minimum absolute atomic E-state index is 0.691. The van der Waals surface area contributed by atoms with Crippen LogP contribution in [-0.4, -0.2) is 55.5 Å². The van der Waals surface area contributed by atoms with Gasteiger partial charge in [-0.2, -0.15) is 10.1 Å². The Morgan fingerprint density at radius 3 is 2.31 bits per heavy atom. The highest BCUT2D eigenvalue weighted by Gasteiger charge is 2.20. The van der Waals surface area contributed by atoms with Gasteiger partial charge >= 0.3 is 0 Å². The first kappa shape index (κ1) is 19.0. The van der Waals surface area contributed by atoms with E-state index >= 15 is 0 Å². The van der Waals surface area contributed by atoms with E-state index in [0.29, 0.717) is 5.95 Å². The Bertz CT molecular complexity index is 910. The van der Waals surface area contributed by atoms with Crippen molar-refractivity contribution in [3.8, 4) is 5.75 Å². The molecule has 1 saturated heterocycles. The molecule has 1 fully saturated rings. The predicted molar refractivity (Wildman–Crippen MR) is 116 cm³/mol. The number of benzene rings is 2. The summed E-state index contributed by atoms with van der Waals surface area (Å²) in [7, 11) is 3.72. The molecule has 1 aliphatic rings. The molecule has 0 saturated carbocycles. The molecule has 7 heteroatoms. The molecular weight excluding hydrogens is 364 g/mol. The van der Waals surface area contributed by atoms with Crippen LogP contribution >= 0.6 is 0 Å². The third-order valence-electron chi connectivity index (χ3n) is 5.19. The molecule has 1 aromatic heterocycles. The van der Waals surface area contributed by atoms with Crippen molar-refractivity contribution in [2.75, 3.05) is 55.0 Å². The van der Waals surface area contributed by atoms with Crippen LogP contribution in [0, 0.1) is 0 Å². The second-order valence-electron chi connectivity index (χ2n) is 7.13. The summed E-state index contributed by atoms with van der Waals surface area (Å²) in [4.78, 5) is 11.4. The first-order chi connectivity index (χ1) is 14.2. The average molecular weight is 390 g/mol. The van der Waals surface area contributed by atoms with Crippen LogP contribution in [0.15, 0.2) is 60.8 Å². The lowest BCUT2D eigenvalue weighted by Crippen LogP contribution is -2.47. The monoisotopic (exact) mass is 390 g/mol. The maximum atomic E-state index is 5.25. The van der Waals surface area contributed by atoms with Gasteiger partial charge in [-0.1, -0.05) is 30.3 Å². The summed E-state index contributed by atoms with van der Waals surface area (Å²) in [5.41, 5.74) is 2.45. The fraction of sp³-hybridized carbons (Fsp3) is 0.318. The molecule has 0 amide bonds. The summed E-state index contributed by atoms with van der Waals surface area (Å²) >= 11 is 0. The summed E-state index contributed by atoms with van der Waals surface area (Å²) < 4.78 is 5.25. The average Bonchev–Trinajstić information content (AvgIpc) is 2.80. The second kappa shape index (κ2) is 8.77. The van der Waals surface area contributed by atoms with Crippen molar-refractivity contribution in [1.29, 1.82) is 0 Å². The van der Waals surface area contributed by atoms with Gasteiger partial charge in [0.05, 0.1) is 13.3 Å². The summed E-state index contributed by atoms with van der Waals surface area (Å²) in [6, 6.07) is 18.6. The molecule has 0 aliphatic carbocycles. The van der Waals surface area contributed by atoms with Crippen molar-refractivity contribution in [2.24, 2.45) is 0 Å². The maximum absolute atomic E-state index is 5.25. The van der Waals surface area contributed by atoms with Crippen molar-refractivity contribution in [3.05, 3.63) is 66.4 Å². The molecule has 150 valence electrons. The maximum Gasteiger partial charge on any atom is 0.247 e. The minimum atomic E-state index is 0.691. The molecule has 29 heavy (non-hydrogen) atoms. The van der Waals surface area contributed by atoms with Crippen LogP contribution < -0.4 is 19.4 Å². The number of hydrogen-bond acceptors (Lipinski definition) is 7. The smallest absolute Gasteiger partial charge is 0.247 e. The summed E-state index contributed by atoms with van der Waals surface area (Å²) in [5.74, 6) is 2.40. The molecule has 3 aromatic rings. The van der Waals surface area contributed by atoms with Gasteiger partial charge in [-0.3, -0.25) is 0 Å². The summed E-state index contributed by atoms with van der Waals surface area (Å²) in [5, 5.41) is 8.47. The van der Waals surface area contributed by atoms with Crippen LogP contribution in [0.5, 0.6) is 5.75 Å². The number of ether oxygens (including phenoxy) is 1. The lowest BCUT2D eigenvalue weighted by molar-refractivity contribution is 0.415. The van der Waals surface area contributed by atoms with Gasteiger partial charge in [-0.25, -0.2) is 0 Å². The molecule has 0 bridgehead atoms. The van der Waals surface area contributed by atoms with Gasteiger partial charge in [0.25, 0.3) is 0 Å². The number of nitrogens with zero attached hydrogens (tertiary/aromatic N) is 6. The van der Waals surface area contributed by atoms with E-state index in [1.807, 2.05) is 25.2 Å². The first-order valence-corrected chi connectivity index (χ1v) is 9.81. The van der Waals surface area contributed by atoms with Crippen LogP contribution in [0.25, 0.3) is 0 Å². The quantitative estimate of drug-likeness (QED) is 0.641. The Morgan fingerprint density at radius 1 is 0.931 bits per heavy atom. The van der Waals surface area contributed by atoms with E-state index in [1.54, 1.807) is 13.3 Å². The van der Waals surface area contributed by atoms with Crippen LogP contribution in [0.3, 0.4) is 0 Å². The molecule has 0 N–H and O–H groups in total. The van der Waals surface area contributed by atoms with E-state index in [2.05, 4.69) is 61.3 Å². The molecular formula is C22H26N6O. The van der Waals surface area contributed by atoms with Crippen LogP contribution in [0.1, 0.15) is 5.56 Å². The zero-order chi connectivity index (χ0) is 20.1. The zero-order valence-corrected chi connectivity index (χ0v) is 16.9. The normalized spacial score (nSPS) is 14.0. The first-order valence-electron chi connectivity index (χ1n) is 9.81. The fourth-order valence-electron chi connectivity index (χ4n) is 3.50. The highest BCUT2D eigenvalue weighted by Crippen LogP contribution is 2.22. The van der Waals surface area contributed by atoms with E-state index in [0.717, 1.165) is 44.3 Å². The Morgan fingerprint density at radius 2 is 1.62 bits per heavy atom. The van der Waals surface area contributed by atoms with Crippen LogP contribution in [-0.2, 0) is 6.54 Å². The number of anilines is 3. The zero-order valence-electron chi connectivity index (χ0n) is 16.9. The molecule has 7 nitrogen and oxygen atoms in total. The molecule has 0 atom stereocenters.